The number of benzene rings is 2. The third kappa shape index (κ3) is 4.44. The molecule has 0 saturated carbocycles. The lowest BCUT2D eigenvalue weighted by Crippen LogP contribution is -2.15. The zero-order valence-electron chi connectivity index (χ0n) is 17.0. The summed E-state index contributed by atoms with van der Waals surface area (Å²) in [5.74, 6) is -0.627. The largest absolute Gasteiger partial charge is 0.369 e. The Morgan fingerprint density at radius 3 is 2.58 bits per heavy atom. The summed E-state index contributed by atoms with van der Waals surface area (Å²) in [4.78, 5) is 29.8. The van der Waals surface area contributed by atoms with Crippen LogP contribution < -0.4 is 11.1 Å². The minimum Gasteiger partial charge on any atom is -0.369 e. The fourth-order valence-corrected chi connectivity index (χ4v) is 3.93. The number of primary amides is 1. The summed E-state index contributed by atoms with van der Waals surface area (Å²) in [6, 6.07) is 16.9. The van der Waals surface area contributed by atoms with Gasteiger partial charge in [0, 0.05) is 10.5 Å². The standard InChI is InChI=1S/C23H20N4O3S/c1-13-7-9-15(10-8-13)18-11-16(21-14(2)27-30-23(21)26-18)22(29)25-17-5-3-4-6-19(17)31-12-20(24)28/h3-11H,12H2,1-2H3,(H2,24,28)(H,25,29). The lowest BCUT2D eigenvalue weighted by Gasteiger charge is -2.11. The van der Waals surface area contributed by atoms with Crippen molar-refractivity contribution in [3.63, 3.8) is 0 Å². The van der Waals surface area contributed by atoms with E-state index >= 15 is 0 Å². The number of thioether (sulfide) groups is 1. The summed E-state index contributed by atoms with van der Waals surface area (Å²) in [5, 5.41) is 7.49. The molecule has 0 aliphatic rings. The molecule has 0 aliphatic heterocycles. The molecule has 31 heavy (non-hydrogen) atoms. The number of hydrogen-bond donors (Lipinski definition) is 2. The van der Waals surface area contributed by atoms with Gasteiger partial charge in [0.05, 0.1) is 33.8 Å². The van der Waals surface area contributed by atoms with E-state index in [0.717, 1.165) is 16.0 Å². The first-order valence-corrected chi connectivity index (χ1v) is 10.6. The number of hydrogen-bond acceptors (Lipinski definition) is 6. The molecule has 2 aromatic heterocycles. The molecule has 7 nitrogen and oxygen atoms in total. The van der Waals surface area contributed by atoms with Crippen molar-refractivity contribution in [3.05, 3.63) is 71.4 Å². The Morgan fingerprint density at radius 1 is 1.10 bits per heavy atom. The molecule has 2 amide bonds. The predicted octanol–water partition coefficient (Wildman–Crippen LogP) is 4.34. The van der Waals surface area contributed by atoms with E-state index < -0.39 is 5.91 Å². The molecule has 3 N–H and O–H groups in total. The van der Waals surface area contributed by atoms with Crippen molar-refractivity contribution >= 4 is 40.4 Å². The molecule has 0 unspecified atom stereocenters. The Bertz CT molecular complexity index is 1280. The molecule has 0 spiro atoms. The van der Waals surface area contributed by atoms with Gasteiger partial charge < -0.3 is 15.6 Å². The van der Waals surface area contributed by atoms with Crippen LogP contribution in [0.5, 0.6) is 0 Å². The predicted molar refractivity (Wildman–Crippen MR) is 121 cm³/mol. The fraction of sp³-hybridized carbons (Fsp3) is 0.130. The lowest BCUT2D eigenvalue weighted by molar-refractivity contribution is -0.115. The third-order valence-electron chi connectivity index (χ3n) is 4.71. The zero-order chi connectivity index (χ0) is 22.0. The number of carbonyl (C=O) groups excluding carboxylic acids is 2. The molecule has 8 heteroatoms. The Labute approximate surface area is 183 Å². The Kier molecular flexibility index (Phi) is 5.73. The first kappa shape index (κ1) is 20.6. The second-order valence-electron chi connectivity index (χ2n) is 7.07. The minimum atomic E-state index is -0.426. The molecule has 0 aliphatic carbocycles. The van der Waals surface area contributed by atoms with Crippen molar-refractivity contribution in [2.75, 3.05) is 11.1 Å². The van der Waals surface area contributed by atoms with E-state index in [2.05, 4.69) is 15.5 Å². The lowest BCUT2D eigenvalue weighted by atomic mass is 10.0. The molecule has 4 aromatic rings. The first-order chi connectivity index (χ1) is 14.9. The fourth-order valence-electron chi connectivity index (χ4n) is 3.18. The molecule has 0 atom stereocenters. The number of carbonyl (C=O) groups is 2. The summed E-state index contributed by atoms with van der Waals surface area (Å²) in [6.07, 6.45) is 0. The number of fused-ring (bicyclic) bond motifs is 1. The first-order valence-electron chi connectivity index (χ1n) is 9.58. The highest BCUT2D eigenvalue weighted by atomic mass is 32.2. The van der Waals surface area contributed by atoms with Gasteiger partial charge in [-0.25, -0.2) is 4.98 Å². The summed E-state index contributed by atoms with van der Waals surface area (Å²) < 4.78 is 5.37. The zero-order valence-corrected chi connectivity index (χ0v) is 17.8. The van der Waals surface area contributed by atoms with Gasteiger partial charge in [-0.1, -0.05) is 47.1 Å². The maximum Gasteiger partial charge on any atom is 0.259 e. The van der Waals surface area contributed by atoms with E-state index in [1.54, 1.807) is 19.1 Å². The number of nitrogens with two attached hydrogens (primary N) is 1. The molecular weight excluding hydrogens is 412 g/mol. The van der Waals surface area contributed by atoms with Gasteiger partial charge in [0.15, 0.2) is 0 Å². The SMILES string of the molecule is Cc1ccc(-c2cc(C(=O)Nc3ccccc3SCC(N)=O)c3c(C)noc3n2)cc1. The average Bonchev–Trinajstić information content (AvgIpc) is 3.13. The van der Waals surface area contributed by atoms with E-state index in [1.807, 2.05) is 49.4 Å². The highest BCUT2D eigenvalue weighted by Crippen LogP contribution is 2.30. The van der Waals surface area contributed by atoms with Crippen LogP contribution in [-0.2, 0) is 4.79 Å². The summed E-state index contributed by atoms with van der Waals surface area (Å²) in [7, 11) is 0. The van der Waals surface area contributed by atoms with Gasteiger partial charge >= 0.3 is 0 Å². The number of amides is 2. The van der Waals surface area contributed by atoms with Gasteiger partial charge in [-0.2, -0.15) is 0 Å². The van der Waals surface area contributed by atoms with E-state index in [0.29, 0.717) is 33.7 Å². The third-order valence-corrected chi connectivity index (χ3v) is 5.81. The van der Waals surface area contributed by atoms with Crippen molar-refractivity contribution in [3.8, 4) is 11.3 Å². The van der Waals surface area contributed by atoms with Crippen LogP contribution in [0.25, 0.3) is 22.4 Å². The molecule has 156 valence electrons. The number of para-hydroxylation sites is 1. The second kappa shape index (κ2) is 8.61. The van der Waals surface area contributed by atoms with Crippen molar-refractivity contribution < 1.29 is 14.1 Å². The molecular formula is C23H20N4O3S. The van der Waals surface area contributed by atoms with Crippen LogP contribution >= 0.6 is 11.8 Å². The highest BCUT2D eigenvalue weighted by Gasteiger charge is 2.20. The smallest absolute Gasteiger partial charge is 0.259 e. The molecule has 0 bridgehead atoms. The Balaban J connectivity index is 1.74. The highest BCUT2D eigenvalue weighted by molar-refractivity contribution is 8.00. The van der Waals surface area contributed by atoms with E-state index in [9.17, 15) is 9.59 Å². The average molecular weight is 433 g/mol. The van der Waals surface area contributed by atoms with Crippen LogP contribution in [0.15, 0.2) is 64.0 Å². The summed E-state index contributed by atoms with van der Waals surface area (Å²) in [5.41, 5.74) is 9.76. The number of nitrogens with zero attached hydrogens (tertiary/aromatic N) is 2. The van der Waals surface area contributed by atoms with Gasteiger partial charge in [0.1, 0.15) is 0 Å². The number of aryl methyl sites for hydroxylation is 2. The van der Waals surface area contributed by atoms with Crippen LogP contribution in [-0.4, -0.2) is 27.7 Å². The summed E-state index contributed by atoms with van der Waals surface area (Å²) >= 11 is 1.27. The molecule has 4 rings (SSSR count). The number of nitrogens with one attached hydrogen (secondary N) is 1. The van der Waals surface area contributed by atoms with Crippen molar-refractivity contribution in [1.29, 1.82) is 0 Å². The number of rotatable bonds is 6. The van der Waals surface area contributed by atoms with E-state index in [1.165, 1.54) is 11.8 Å². The quantitative estimate of drug-likeness (QED) is 0.439. The van der Waals surface area contributed by atoms with Crippen LogP contribution in [0.1, 0.15) is 21.6 Å². The second-order valence-corrected chi connectivity index (χ2v) is 8.09. The van der Waals surface area contributed by atoms with Crippen molar-refractivity contribution in [2.24, 2.45) is 5.73 Å². The van der Waals surface area contributed by atoms with E-state index in [-0.39, 0.29) is 11.7 Å². The Morgan fingerprint density at radius 2 is 1.84 bits per heavy atom. The van der Waals surface area contributed by atoms with Crippen LogP contribution in [0, 0.1) is 13.8 Å². The molecule has 2 aromatic carbocycles. The normalized spacial score (nSPS) is 10.9. The Hall–Kier alpha value is -3.65. The van der Waals surface area contributed by atoms with Crippen LogP contribution in [0.3, 0.4) is 0 Å². The maximum absolute atomic E-state index is 13.3. The molecule has 0 fully saturated rings. The number of anilines is 1. The van der Waals surface area contributed by atoms with Gasteiger partial charge in [0.2, 0.25) is 5.91 Å². The van der Waals surface area contributed by atoms with Gasteiger partial charge in [-0.05, 0) is 32.0 Å². The number of aromatic nitrogens is 2. The van der Waals surface area contributed by atoms with Crippen molar-refractivity contribution in [2.45, 2.75) is 18.7 Å². The van der Waals surface area contributed by atoms with E-state index in [4.69, 9.17) is 10.3 Å². The molecule has 0 radical (unpaired) electrons. The van der Waals surface area contributed by atoms with Gasteiger partial charge in [-0.15, -0.1) is 11.8 Å². The van der Waals surface area contributed by atoms with Gasteiger partial charge in [0.25, 0.3) is 11.6 Å². The van der Waals surface area contributed by atoms with Crippen LogP contribution in [0.2, 0.25) is 0 Å². The summed E-state index contributed by atoms with van der Waals surface area (Å²) in [6.45, 7) is 3.78. The van der Waals surface area contributed by atoms with Crippen molar-refractivity contribution in [1.82, 2.24) is 10.1 Å². The topological polar surface area (TPSA) is 111 Å². The van der Waals surface area contributed by atoms with Crippen LogP contribution in [0.4, 0.5) is 5.69 Å². The monoisotopic (exact) mass is 432 g/mol. The minimum absolute atomic E-state index is 0.120. The molecule has 2 heterocycles. The maximum atomic E-state index is 13.3. The molecule has 0 saturated heterocycles. The van der Waals surface area contributed by atoms with Gasteiger partial charge in [-0.3, -0.25) is 9.59 Å². The number of pyridine rings is 1.